The molecule has 2 heterocycles. The van der Waals surface area contributed by atoms with Gasteiger partial charge in [0, 0.05) is 12.7 Å². The van der Waals surface area contributed by atoms with Crippen LogP contribution < -0.4 is 0 Å². The van der Waals surface area contributed by atoms with Gasteiger partial charge in [0.15, 0.2) is 0 Å². The molecule has 7 nitrogen and oxygen atoms in total. The number of carbonyl (C=O) groups excluding carboxylic acids is 1. The fraction of sp³-hybridized carbons (Fsp3) is 0.667. The summed E-state index contributed by atoms with van der Waals surface area (Å²) < 4.78 is 6.66. The molecule has 1 aromatic heterocycles. The largest absolute Gasteiger partial charge is 0.394 e. The van der Waals surface area contributed by atoms with E-state index in [-0.39, 0.29) is 25.1 Å². The van der Waals surface area contributed by atoms with Crippen molar-refractivity contribution >= 4 is 5.91 Å². The van der Waals surface area contributed by atoms with Gasteiger partial charge in [0.2, 0.25) is 5.91 Å². The van der Waals surface area contributed by atoms with Crippen molar-refractivity contribution in [2.24, 2.45) is 0 Å². The molecule has 0 bridgehead atoms. The van der Waals surface area contributed by atoms with Crippen molar-refractivity contribution in [1.29, 1.82) is 0 Å². The number of nitrogens with zero attached hydrogens (tertiary/aromatic N) is 4. The van der Waals surface area contributed by atoms with Crippen LogP contribution in [-0.2, 0) is 16.1 Å². The number of morpholine rings is 1. The zero-order valence-electron chi connectivity index (χ0n) is 8.82. The summed E-state index contributed by atoms with van der Waals surface area (Å²) in [7, 11) is 0. The summed E-state index contributed by atoms with van der Waals surface area (Å²) in [5.74, 6) is -0.0761. The van der Waals surface area contributed by atoms with Crippen molar-refractivity contribution in [2.75, 3.05) is 26.4 Å². The molecule has 1 aliphatic rings. The normalized spacial score (nSPS) is 21.1. The molecule has 0 saturated carbocycles. The fourth-order valence-electron chi connectivity index (χ4n) is 1.68. The van der Waals surface area contributed by atoms with Crippen molar-refractivity contribution < 1.29 is 14.6 Å². The van der Waals surface area contributed by atoms with Crippen LogP contribution in [0.1, 0.15) is 0 Å². The van der Waals surface area contributed by atoms with Gasteiger partial charge in [0.1, 0.15) is 6.54 Å². The minimum atomic E-state index is -0.246. The van der Waals surface area contributed by atoms with Gasteiger partial charge in [0.25, 0.3) is 0 Å². The number of amides is 1. The van der Waals surface area contributed by atoms with Gasteiger partial charge in [-0.2, -0.15) is 0 Å². The Balaban J connectivity index is 1.97. The number of ether oxygens (including phenoxy) is 1. The van der Waals surface area contributed by atoms with Crippen LogP contribution in [-0.4, -0.2) is 63.3 Å². The van der Waals surface area contributed by atoms with Crippen molar-refractivity contribution in [3.05, 3.63) is 12.4 Å². The Labute approximate surface area is 92.6 Å². The van der Waals surface area contributed by atoms with Crippen LogP contribution in [0.25, 0.3) is 0 Å². The number of hydrogen-bond donors (Lipinski definition) is 1. The standard InChI is InChI=1S/C9H14N4O3/c14-6-8-7-16-4-3-13(8)9(15)5-12-2-1-10-11-12/h1-2,8,14H,3-7H2. The lowest BCUT2D eigenvalue weighted by atomic mass is 10.2. The first-order chi connectivity index (χ1) is 7.81. The molecule has 0 aliphatic carbocycles. The molecule has 16 heavy (non-hydrogen) atoms. The lowest BCUT2D eigenvalue weighted by molar-refractivity contribution is -0.142. The van der Waals surface area contributed by atoms with E-state index in [9.17, 15) is 4.79 Å². The second-order valence-corrected chi connectivity index (χ2v) is 3.60. The van der Waals surface area contributed by atoms with E-state index in [0.29, 0.717) is 19.8 Å². The van der Waals surface area contributed by atoms with Gasteiger partial charge in [0.05, 0.1) is 32.1 Å². The summed E-state index contributed by atoms with van der Waals surface area (Å²) in [5.41, 5.74) is 0. The van der Waals surface area contributed by atoms with Crippen LogP contribution in [0.3, 0.4) is 0 Å². The quantitative estimate of drug-likeness (QED) is 0.678. The van der Waals surface area contributed by atoms with Crippen LogP contribution >= 0.6 is 0 Å². The van der Waals surface area contributed by atoms with Gasteiger partial charge >= 0.3 is 0 Å². The van der Waals surface area contributed by atoms with E-state index in [2.05, 4.69) is 10.3 Å². The van der Waals surface area contributed by atoms with Gasteiger partial charge < -0.3 is 14.7 Å². The molecule has 0 spiro atoms. The Morgan fingerprint density at radius 2 is 2.50 bits per heavy atom. The first kappa shape index (κ1) is 11.0. The minimum absolute atomic E-state index is 0.0761. The van der Waals surface area contributed by atoms with Crippen LogP contribution in [0.4, 0.5) is 0 Å². The third-order valence-corrected chi connectivity index (χ3v) is 2.53. The van der Waals surface area contributed by atoms with Crippen molar-refractivity contribution in [1.82, 2.24) is 19.9 Å². The molecule has 1 amide bonds. The lowest BCUT2D eigenvalue weighted by Gasteiger charge is -2.34. The summed E-state index contributed by atoms with van der Waals surface area (Å²) in [6.45, 7) is 1.48. The third kappa shape index (κ3) is 2.37. The fourth-order valence-corrected chi connectivity index (χ4v) is 1.68. The summed E-state index contributed by atoms with van der Waals surface area (Å²) in [4.78, 5) is 13.5. The third-order valence-electron chi connectivity index (χ3n) is 2.53. The van der Waals surface area contributed by atoms with E-state index in [1.54, 1.807) is 11.1 Å². The van der Waals surface area contributed by atoms with Gasteiger partial charge in [-0.25, -0.2) is 4.68 Å². The Morgan fingerprint density at radius 1 is 1.62 bits per heavy atom. The molecule has 7 heteroatoms. The highest BCUT2D eigenvalue weighted by Crippen LogP contribution is 2.07. The van der Waals surface area contributed by atoms with Crippen LogP contribution in [0, 0.1) is 0 Å². The summed E-state index contributed by atoms with van der Waals surface area (Å²) >= 11 is 0. The Morgan fingerprint density at radius 3 is 3.19 bits per heavy atom. The predicted octanol–water partition coefficient (Wildman–Crippen LogP) is -1.50. The Kier molecular flexibility index (Phi) is 3.47. The van der Waals surface area contributed by atoms with E-state index in [0.717, 1.165) is 0 Å². The zero-order chi connectivity index (χ0) is 11.4. The molecule has 1 N–H and O–H groups in total. The maximum Gasteiger partial charge on any atom is 0.244 e. The number of carbonyl (C=O) groups is 1. The predicted molar refractivity (Wildman–Crippen MR) is 53.4 cm³/mol. The van der Waals surface area contributed by atoms with Gasteiger partial charge in [-0.15, -0.1) is 5.10 Å². The molecule has 1 saturated heterocycles. The number of aromatic nitrogens is 3. The first-order valence-electron chi connectivity index (χ1n) is 5.13. The molecule has 0 radical (unpaired) electrons. The summed E-state index contributed by atoms with van der Waals surface area (Å²) in [6, 6.07) is -0.246. The SMILES string of the molecule is O=C(Cn1ccnn1)N1CCOCC1CO. The molecule has 0 aromatic carbocycles. The number of rotatable bonds is 3. The van der Waals surface area contributed by atoms with Crippen molar-refractivity contribution in [2.45, 2.75) is 12.6 Å². The second kappa shape index (κ2) is 5.04. The van der Waals surface area contributed by atoms with Crippen LogP contribution in [0.15, 0.2) is 12.4 Å². The van der Waals surface area contributed by atoms with Gasteiger partial charge in [-0.05, 0) is 0 Å². The van der Waals surface area contributed by atoms with Crippen LogP contribution in [0.2, 0.25) is 0 Å². The maximum atomic E-state index is 11.9. The molecule has 1 atom stereocenters. The zero-order valence-corrected chi connectivity index (χ0v) is 8.82. The van der Waals surface area contributed by atoms with Crippen LogP contribution in [0.5, 0.6) is 0 Å². The lowest BCUT2D eigenvalue weighted by Crippen LogP contribution is -2.51. The average Bonchev–Trinajstić information content (AvgIpc) is 2.81. The minimum Gasteiger partial charge on any atom is -0.394 e. The summed E-state index contributed by atoms with van der Waals surface area (Å²) in [5, 5.41) is 16.5. The average molecular weight is 226 g/mol. The number of aliphatic hydroxyl groups excluding tert-OH is 1. The van der Waals surface area contributed by atoms with Crippen molar-refractivity contribution in [3.8, 4) is 0 Å². The molecule has 1 unspecified atom stereocenters. The molecule has 1 aromatic rings. The van der Waals surface area contributed by atoms with Gasteiger partial charge in [-0.1, -0.05) is 5.21 Å². The Bertz CT molecular complexity index is 341. The van der Waals surface area contributed by atoms with E-state index >= 15 is 0 Å². The molecular formula is C9H14N4O3. The van der Waals surface area contributed by atoms with E-state index in [1.807, 2.05) is 0 Å². The molecule has 1 aliphatic heterocycles. The van der Waals surface area contributed by atoms with E-state index < -0.39 is 0 Å². The van der Waals surface area contributed by atoms with E-state index in [1.165, 1.54) is 10.9 Å². The molecule has 88 valence electrons. The second-order valence-electron chi connectivity index (χ2n) is 3.60. The van der Waals surface area contributed by atoms with E-state index in [4.69, 9.17) is 9.84 Å². The number of aliphatic hydroxyl groups is 1. The smallest absolute Gasteiger partial charge is 0.244 e. The Hall–Kier alpha value is -1.47. The van der Waals surface area contributed by atoms with Gasteiger partial charge in [-0.3, -0.25) is 4.79 Å². The molecule has 2 rings (SSSR count). The maximum absolute atomic E-state index is 11.9. The highest BCUT2D eigenvalue weighted by molar-refractivity contribution is 5.76. The topological polar surface area (TPSA) is 80.5 Å². The highest BCUT2D eigenvalue weighted by atomic mass is 16.5. The highest BCUT2D eigenvalue weighted by Gasteiger charge is 2.26. The monoisotopic (exact) mass is 226 g/mol. The molecular weight excluding hydrogens is 212 g/mol. The molecule has 1 fully saturated rings. The number of hydrogen-bond acceptors (Lipinski definition) is 5. The first-order valence-corrected chi connectivity index (χ1v) is 5.13. The summed E-state index contributed by atoms with van der Waals surface area (Å²) in [6.07, 6.45) is 3.16. The van der Waals surface area contributed by atoms with Crippen molar-refractivity contribution in [3.63, 3.8) is 0 Å².